The maximum Gasteiger partial charge on any atom is 0.223 e. The molecule has 0 aliphatic heterocycles. The van der Waals surface area contributed by atoms with E-state index in [9.17, 15) is 0 Å². The summed E-state index contributed by atoms with van der Waals surface area (Å²) in [5.41, 5.74) is 5.49. The highest BCUT2D eigenvalue weighted by molar-refractivity contribution is 9.10. The monoisotopic (exact) mass is 298 g/mol. The molecule has 0 saturated carbocycles. The third kappa shape index (κ3) is 3.13. The van der Waals surface area contributed by atoms with E-state index in [0.29, 0.717) is 30.5 Å². The van der Waals surface area contributed by atoms with Crippen molar-refractivity contribution in [3.8, 4) is 0 Å². The van der Waals surface area contributed by atoms with Crippen molar-refractivity contribution in [1.82, 2.24) is 20.1 Å². The Morgan fingerprint density at radius 2 is 2.29 bits per heavy atom. The van der Waals surface area contributed by atoms with Gasteiger partial charge in [0.1, 0.15) is 5.82 Å². The number of halogens is 1. The predicted molar refractivity (Wildman–Crippen MR) is 65.4 cm³/mol. The van der Waals surface area contributed by atoms with Gasteiger partial charge in [0.05, 0.1) is 4.47 Å². The highest BCUT2D eigenvalue weighted by Gasteiger charge is 2.05. The fraction of sp³-hybridized carbons (Fsp3) is 0.333. The van der Waals surface area contributed by atoms with Gasteiger partial charge in [-0.2, -0.15) is 9.97 Å². The van der Waals surface area contributed by atoms with E-state index in [0.717, 1.165) is 4.47 Å². The summed E-state index contributed by atoms with van der Waals surface area (Å²) < 4.78 is 5.63. The Kier molecular flexibility index (Phi) is 3.52. The molecular formula is C9H11BrN6O. The predicted octanol–water partition coefficient (Wildman–Crippen LogP) is 1.17. The molecule has 8 heteroatoms. The Labute approximate surface area is 106 Å². The zero-order chi connectivity index (χ0) is 12.3. The summed E-state index contributed by atoms with van der Waals surface area (Å²) in [5.74, 6) is 2.10. The Hall–Kier alpha value is -1.70. The van der Waals surface area contributed by atoms with Crippen LogP contribution in [0.15, 0.2) is 15.2 Å². The van der Waals surface area contributed by atoms with Gasteiger partial charge in [-0.1, -0.05) is 5.16 Å². The lowest BCUT2D eigenvalue weighted by atomic mass is 10.4. The van der Waals surface area contributed by atoms with Crippen molar-refractivity contribution >= 4 is 27.7 Å². The van der Waals surface area contributed by atoms with Gasteiger partial charge in [-0.3, -0.25) is 0 Å². The lowest BCUT2D eigenvalue weighted by molar-refractivity contribution is 0.387. The van der Waals surface area contributed by atoms with E-state index in [1.165, 1.54) is 0 Å². The van der Waals surface area contributed by atoms with Crippen LogP contribution in [0, 0.1) is 6.92 Å². The fourth-order valence-corrected chi connectivity index (χ4v) is 1.57. The van der Waals surface area contributed by atoms with E-state index in [2.05, 4.69) is 41.4 Å². The van der Waals surface area contributed by atoms with Crippen LogP contribution in [-0.2, 0) is 6.42 Å². The molecule has 17 heavy (non-hydrogen) atoms. The normalized spacial score (nSPS) is 10.5. The van der Waals surface area contributed by atoms with Gasteiger partial charge in [0.2, 0.25) is 11.8 Å². The minimum absolute atomic E-state index is 0.228. The molecule has 90 valence electrons. The summed E-state index contributed by atoms with van der Waals surface area (Å²) in [6, 6.07) is 0. The number of aromatic nitrogens is 4. The summed E-state index contributed by atoms with van der Waals surface area (Å²) >= 11 is 3.33. The van der Waals surface area contributed by atoms with Crippen LogP contribution in [0.4, 0.5) is 11.8 Å². The van der Waals surface area contributed by atoms with Crippen LogP contribution in [0.2, 0.25) is 0 Å². The number of aryl methyl sites for hydroxylation is 1. The number of hydrogen-bond acceptors (Lipinski definition) is 7. The number of nitrogen functional groups attached to an aromatic ring is 1. The fourth-order valence-electron chi connectivity index (χ4n) is 1.24. The molecule has 2 aromatic heterocycles. The summed E-state index contributed by atoms with van der Waals surface area (Å²) in [6.07, 6.45) is 2.25. The summed E-state index contributed by atoms with van der Waals surface area (Å²) in [4.78, 5) is 12.0. The zero-order valence-electron chi connectivity index (χ0n) is 9.14. The van der Waals surface area contributed by atoms with E-state index >= 15 is 0 Å². The van der Waals surface area contributed by atoms with Crippen LogP contribution in [0.3, 0.4) is 0 Å². The van der Waals surface area contributed by atoms with Crippen molar-refractivity contribution in [3.05, 3.63) is 22.4 Å². The molecule has 3 N–H and O–H groups in total. The molecule has 2 heterocycles. The van der Waals surface area contributed by atoms with Crippen LogP contribution in [0.1, 0.15) is 11.7 Å². The average Bonchev–Trinajstić information content (AvgIpc) is 2.69. The molecule has 2 aromatic rings. The highest BCUT2D eigenvalue weighted by atomic mass is 79.9. The van der Waals surface area contributed by atoms with E-state index in [4.69, 9.17) is 10.3 Å². The largest absolute Gasteiger partial charge is 0.369 e. The molecule has 0 radical (unpaired) electrons. The maximum absolute atomic E-state index is 5.49. The SMILES string of the molecule is Cc1nc(CCNc2nc(N)ncc2Br)no1. The number of rotatable bonds is 4. The third-order valence-electron chi connectivity index (χ3n) is 1.97. The van der Waals surface area contributed by atoms with Crippen LogP contribution >= 0.6 is 15.9 Å². The van der Waals surface area contributed by atoms with Crippen LogP contribution in [0.5, 0.6) is 0 Å². The van der Waals surface area contributed by atoms with Gasteiger partial charge in [0.15, 0.2) is 5.82 Å². The van der Waals surface area contributed by atoms with Gasteiger partial charge in [-0.25, -0.2) is 4.98 Å². The molecule has 7 nitrogen and oxygen atoms in total. The number of hydrogen-bond donors (Lipinski definition) is 2. The summed E-state index contributed by atoms with van der Waals surface area (Å²) in [5, 5.41) is 6.90. The lowest BCUT2D eigenvalue weighted by Gasteiger charge is -2.05. The van der Waals surface area contributed by atoms with Crippen molar-refractivity contribution < 1.29 is 4.52 Å². The first-order valence-electron chi connectivity index (χ1n) is 4.96. The molecule has 2 rings (SSSR count). The molecule has 0 saturated heterocycles. The number of anilines is 2. The number of nitrogens with two attached hydrogens (primary N) is 1. The topological polar surface area (TPSA) is 103 Å². The molecule has 0 unspecified atom stereocenters. The van der Waals surface area contributed by atoms with Crippen molar-refractivity contribution in [2.75, 3.05) is 17.6 Å². The molecule has 0 amide bonds. The molecule has 0 bridgehead atoms. The first-order valence-corrected chi connectivity index (χ1v) is 5.75. The lowest BCUT2D eigenvalue weighted by Crippen LogP contribution is -2.09. The van der Waals surface area contributed by atoms with Gasteiger partial charge < -0.3 is 15.6 Å². The maximum atomic E-state index is 5.49. The van der Waals surface area contributed by atoms with Gasteiger partial charge in [-0.05, 0) is 15.9 Å². The Morgan fingerprint density at radius 3 is 3.00 bits per heavy atom. The van der Waals surface area contributed by atoms with Crippen molar-refractivity contribution in [3.63, 3.8) is 0 Å². The second kappa shape index (κ2) is 5.09. The molecule has 0 aromatic carbocycles. The van der Waals surface area contributed by atoms with Crippen LogP contribution in [-0.4, -0.2) is 26.7 Å². The molecule has 0 aliphatic rings. The van der Waals surface area contributed by atoms with E-state index < -0.39 is 0 Å². The van der Waals surface area contributed by atoms with Gasteiger partial charge >= 0.3 is 0 Å². The minimum Gasteiger partial charge on any atom is -0.369 e. The minimum atomic E-state index is 0.228. The molecule has 0 aliphatic carbocycles. The van der Waals surface area contributed by atoms with Gasteiger partial charge in [0.25, 0.3) is 0 Å². The van der Waals surface area contributed by atoms with Gasteiger partial charge in [0, 0.05) is 26.1 Å². The molecular weight excluding hydrogens is 288 g/mol. The van der Waals surface area contributed by atoms with Crippen molar-refractivity contribution in [2.45, 2.75) is 13.3 Å². The van der Waals surface area contributed by atoms with Crippen molar-refractivity contribution in [2.24, 2.45) is 0 Å². The Morgan fingerprint density at radius 1 is 1.47 bits per heavy atom. The van der Waals surface area contributed by atoms with Crippen molar-refractivity contribution in [1.29, 1.82) is 0 Å². The molecule has 0 atom stereocenters. The first kappa shape index (κ1) is 11.8. The van der Waals surface area contributed by atoms with E-state index in [1.54, 1.807) is 13.1 Å². The zero-order valence-corrected chi connectivity index (χ0v) is 10.7. The standard InChI is InChI=1S/C9H11BrN6O/c1-5-14-7(16-17-5)2-3-12-8-6(10)4-13-9(11)15-8/h4H,2-3H2,1H3,(H3,11,12,13,15). The van der Waals surface area contributed by atoms with E-state index in [-0.39, 0.29) is 5.95 Å². The quantitative estimate of drug-likeness (QED) is 0.873. The highest BCUT2D eigenvalue weighted by Crippen LogP contribution is 2.18. The Bertz CT molecular complexity index is 514. The molecule has 0 fully saturated rings. The summed E-state index contributed by atoms with van der Waals surface area (Å²) in [7, 11) is 0. The average molecular weight is 299 g/mol. The summed E-state index contributed by atoms with van der Waals surface area (Å²) in [6.45, 7) is 2.39. The smallest absolute Gasteiger partial charge is 0.223 e. The Balaban J connectivity index is 1.91. The number of nitrogens with one attached hydrogen (secondary N) is 1. The second-order valence-electron chi connectivity index (χ2n) is 3.33. The van der Waals surface area contributed by atoms with E-state index in [1.807, 2.05) is 0 Å². The third-order valence-corrected chi connectivity index (χ3v) is 2.55. The number of nitrogens with zero attached hydrogens (tertiary/aromatic N) is 4. The van der Waals surface area contributed by atoms with Crippen LogP contribution < -0.4 is 11.1 Å². The van der Waals surface area contributed by atoms with Gasteiger partial charge in [-0.15, -0.1) is 0 Å². The second-order valence-corrected chi connectivity index (χ2v) is 4.19. The molecule has 0 spiro atoms. The first-order chi connectivity index (χ1) is 8.15. The van der Waals surface area contributed by atoms with Crippen LogP contribution in [0.25, 0.3) is 0 Å².